The maximum Gasteiger partial charge on any atom is 0.167 e. The summed E-state index contributed by atoms with van der Waals surface area (Å²) in [6, 6.07) is 7.89. The van der Waals surface area contributed by atoms with E-state index in [4.69, 9.17) is 0 Å². The number of benzene rings is 1. The highest BCUT2D eigenvalue weighted by Crippen LogP contribution is 2.31. The Kier molecular flexibility index (Phi) is 2.24. The van der Waals surface area contributed by atoms with Crippen LogP contribution < -0.4 is 0 Å². The van der Waals surface area contributed by atoms with E-state index in [9.17, 15) is 4.79 Å². The smallest absolute Gasteiger partial charge is 0.167 e. The summed E-state index contributed by atoms with van der Waals surface area (Å²) in [6.07, 6.45) is 2.75. The third-order valence-corrected chi connectivity index (χ3v) is 3.07. The Morgan fingerprint density at radius 3 is 2.86 bits per heavy atom. The number of ketones is 1. The van der Waals surface area contributed by atoms with Gasteiger partial charge in [0.15, 0.2) is 5.78 Å². The molecule has 2 atom stereocenters. The Labute approximate surface area is 84.5 Å². The van der Waals surface area contributed by atoms with Crippen LogP contribution in [0.1, 0.15) is 22.8 Å². The van der Waals surface area contributed by atoms with Crippen molar-refractivity contribution in [2.75, 3.05) is 0 Å². The molecule has 1 aliphatic carbocycles. The quantitative estimate of drug-likeness (QED) is 0.649. The van der Waals surface area contributed by atoms with Gasteiger partial charge in [0.25, 0.3) is 0 Å². The van der Waals surface area contributed by atoms with Crippen molar-refractivity contribution in [1.29, 1.82) is 0 Å². The maximum absolute atomic E-state index is 11.9. The Balaban J connectivity index is 2.34. The Morgan fingerprint density at radius 2 is 2.21 bits per heavy atom. The van der Waals surface area contributed by atoms with Crippen LogP contribution in [0.25, 0.3) is 0 Å². The van der Waals surface area contributed by atoms with Gasteiger partial charge in [0.2, 0.25) is 0 Å². The van der Waals surface area contributed by atoms with E-state index in [0.29, 0.717) is 0 Å². The molecule has 0 aromatic heterocycles. The van der Waals surface area contributed by atoms with Crippen molar-refractivity contribution in [3.8, 4) is 0 Å². The summed E-state index contributed by atoms with van der Waals surface area (Å²) in [5, 5.41) is 0. The summed E-state index contributed by atoms with van der Waals surface area (Å²) in [5.41, 5.74) is 2.10. The average molecular weight is 186 g/mol. The zero-order valence-electron chi connectivity index (χ0n) is 8.36. The van der Waals surface area contributed by atoms with Crippen molar-refractivity contribution in [2.24, 2.45) is 11.8 Å². The van der Waals surface area contributed by atoms with Crippen molar-refractivity contribution in [2.45, 2.75) is 13.3 Å². The summed E-state index contributed by atoms with van der Waals surface area (Å²) >= 11 is 0. The molecular formula is C13H14O. The highest BCUT2D eigenvalue weighted by atomic mass is 16.1. The second-order valence-corrected chi connectivity index (χ2v) is 3.93. The molecule has 0 N–H and O–H groups in total. The summed E-state index contributed by atoms with van der Waals surface area (Å²) in [4.78, 5) is 11.9. The minimum absolute atomic E-state index is 0.116. The second-order valence-electron chi connectivity index (χ2n) is 3.93. The molecule has 0 amide bonds. The van der Waals surface area contributed by atoms with Crippen LogP contribution in [0.15, 0.2) is 36.9 Å². The van der Waals surface area contributed by atoms with Crippen LogP contribution in [-0.2, 0) is 6.42 Å². The van der Waals surface area contributed by atoms with Crippen molar-refractivity contribution in [3.63, 3.8) is 0 Å². The van der Waals surface area contributed by atoms with Crippen LogP contribution in [0.4, 0.5) is 0 Å². The molecule has 0 aliphatic heterocycles. The zero-order chi connectivity index (χ0) is 10.1. The number of fused-ring (bicyclic) bond motifs is 1. The number of carbonyl (C=O) groups is 1. The normalized spacial score (nSPS) is 21.8. The first kappa shape index (κ1) is 9.20. The monoisotopic (exact) mass is 186 g/mol. The fraction of sp³-hybridized carbons (Fsp3) is 0.308. The lowest BCUT2D eigenvalue weighted by atomic mass is 9.91. The van der Waals surface area contributed by atoms with Crippen LogP contribution in [0.5, 0.6) is 0 Å². The molecule has 72 valence electrons. The standard InChI is InChI=1S/C13H14O/c1-3-9(2)12-8-10-6-4-5-7-11(10)13(12)14/h3-7,9,12H,1,8H2,2H3. The van der Waals surface area contributed by atoms with Crippen molar-refractivity contribution < 1.29 is 4.79 Å². The first-order valence-corrected chi connectivity index (χ1v) is 4.98. The van der Waals surface area contributed by atoms with Gasteiger partial charge >= 0.3 is 0 Å². The molecule has 1 aromatic carbocycles. The SMILES string of the molecule is C=CC(C)C1Cc2ccccc2C1=O. The van der Waals surface area contributed by atoms with Gasteiger partial charge in [-0.1, -0.05) is 37.3 Å². The van der Waals surface area contributed by atoms with Gasteiger partial charge in [-0.25, -0.2) is 0 Å². The van der Waals surface area contributed by atoms with Gasteiger partial charge in [-0.05, 0) is 17.9 Å². The van der Waals surface area contributed by atoms with E-state index in [0.717, 1.165) is 12.0 Å². The second kappa shape index (κ2) is 3.41. The van der Waals surface area contributed by atoms with Gasteiger partial charge in [-0.15, -0.1) is 6.58 Å². The fourth-order valence-electron chi connectivity index (χ4n) is 2.06. The molecule has 0 bridgehead atoms. The highest BCUT2D eigenvalue weighted by Gasteiger charge is 2.32. The molecule has 2 rings (SSSR count). The number of rotatable bonds is 2. The Bertz CT molecular complexity index is 379. The topological polar surface area (TPSA) is 17.1 Å². The van der Waals surface area contributed by atoms with E-state index < -0.39 is 0 Å². The minimum Gasteiger partial charge on any atom is -0.294 e. The summed E-state index contributed by atoms with van der Waals surface area (Å²) in [5.74, 6) is 0.674. The summed E-state index contributed by atoms with van der Waals surface area (Å²) in [6.45, 7) is 5.81. The number of Topliss-reactive ketones (excluding diaryl/α,β-unsaturated/α-hetero) is 1. The molecule has 0 spiro atoms. The first-order chi connectivity index (χ1) is 6.74. The van der Waals surface area contributed by atoms with Crippen molar-refractivity contribution in [3.05, 3.63) is 48.0 Å². The lowest BCUT2D eigenvalue weighted by molar-refractivity contribution is 0.0914. The van der Waals surface area contributed by atoms with Crippen LogP contribution in [0, 0.1) is 11.8 Å². The van der Waals surface area contributed by atoms with E-state index in [-0.39, 0.29) is 17.6 Å². The van der Waals surface area contributed by atoms with Crippen LogP contribution in [0.2, 0.25) is 0 Å². The molecule has 14 heavy (non-hydrogen) atoms. The van der Waals surface area contributed by atoms with Crippen molar-refractivity contribution >= 4 is 5.78 Å². The van der Waals surface area contributed by atoms with E-state index >= 15 is 0 Å². The van der Waals surface area contributed by atoms with E-state index in [2.05, 4.69) is 13.5 Å². The summed E-state index contributed by atoms with van der Waals surface area (Å²) in [7, 11) is 0. The number of allylic oxidation sites excluding steroid dienone is 1. The molecule has 0 saturated heterocycles. The van der Waals surface area contributed by atoms with E-state index in [1.165, 1.54) is 5.56 Å². The van der Waals surface area contributed by atoms with Crippen LogP contribution >= 0.6 is 0 Å². The van der Waals surface area contributed by atoms with Crippen LogP contribution in [-0.4, -0.2) is 5.78 Å². The lowest BCUT2D eigenvalue weighted by Gasteiger charge is -2.12. The van der Waals surface area contributed by atoms with Gasteiger partial charge in [-0.3, -0.25) is 4.79 Å². The van der Waals surface area contributed by atoms with Crippen LogP contribution in [0.3, 0.4) is 0 Å². The molecule has 0 heterocycles. The van der Waals surface area contributed by atoms with E-state index in [1.54, 1.807) is 0 Å². The van der Waals surface area contributed by atoms with Gasteiger partial charge in [-0.2, -0.15) is 0 Å². The zero-order valence-corrected chi connectivity index (χ0v) is 8.36. The third kappa shape index (κ3) is 1.29. The number of hydrogen-bond donors (Lipinski definition) is 0. The molecule has 0 radical (unpaired) electrons. The molecule has 2 unspecified atom stereocenters. The predicted molar refractivity (Wildman–Crippen MR) is 57.3 cm³/mol. The fourth-order valence-corrected chi connectivity index (χ4v) is 2.06. The average Bonchev–Trinajstić information content (AvgIpc) is 2.56. The van der Waals surface area contributed by atoms with Gasteiger partial charge in [0, 0.05) is 11.5 Å². The molecule has 1 heteroatoms. The van der Waals surface area contributed by atoms with Gasteiger partial charge in [0.1, 0.15) is 0 Å². The predicted octanol–water partition coefficient (Wildman–Crippen LogP) is 2.86. The molecule has 1 aliphatic rings. The third-order valence-electron chi connectivity index (χ3n) is 3.07. The number of hydrogen-bond acceptors (Lipinski definition) is 1. The van der Waals surface area contributed by atoms with Gasteiger partial charge < -0.3 is 0 Å². The molecule has 0 saturated carbocycles. The number of carbonyl (C=O) groups excluding carboxylic acids is 1. The Morgan fingerprint density at radius 1 is 1.50 bits per heavy atom. The molecular weight excluding hydrogens is 172 g/mol. The molecule has 0 fully saturated rings. The highest BCUT2D eigenvalue weighted by molar-refractivity contribution is 6.02. The maximum atomic E-state index is 11.9. The largest absolute Gasteiger partial charge is 0.294 e. The lowest BCUT2D eigenvalue weighted by Crippen LogP contribution is -2.16. The minimum atomic E-state index is 0.116. The van der Waals surface area contributed by atoms with Gasteiger partial charge in [0.05, 0.1) is 0 Å². The van der Waals surface area contributed by atoms with E-state index in [1.807, 2.05) is 30.3 Å². The first-order valence-electron chi connectivity index (χ1n) is 4.98. The summed E-state index contributed by atoms with van der Waals surface area (Å²) < 4.78 is 0. The molecule has 1 nitrogen and oxygen atoms in total. The Hall–Kier alpha value is -1.37. The van der Waals surface area contributed by atoms with Crippen molar-refractivity contribution in [1.82, 2.24) is 0 Å². The molecule has 1 aromatic rings.